The highest BCUT2D eigenvalue weighted by atomic mass is 19.1. The van der Waals surface area contributed by atoms with Crippen molar-refractivity contribution in [2.24, 2.45) is 4.99 Å². The molecule has 0 spiro atoms. The SMILES string of the molecule is CCCCCNC(=NC)NCC(c1cccc(F)c1)N(C)C. The summed E-state index contributed by atoms with van der Waals surface area (Å²) in [5.41, 5.74) is 0.957. The normalized spacial score (nSPS) is 13.3. The molecule has 1 aromatic carbocycles. The minimum absolute atomic E-state index is 0.0879. The molecule has 0 saturated carbocycles. The number of aliphatic imine (C=N–C) groups is 1. The second kappa shape index (κ2) is 10.2. The van der Waals surface area contributed by atoms with Crippen LogP contribution in [0.1, 0.15) is 37.8 Å². The third-order valence-corrected chi connectivity index (χ3v) is 3.62. The first-order valence-corrected chi connectivity index (χ1v) is 7.94. The molecule has 1 aromatic rings. The number of rotatable bonds is 8. The molecule has 124 valence electrons. The van der Waals surface area contributed by atoms with Gasteiger partial charge in [0.05, 0.1) is 6.04 Å². The zero-order valence-corrected chi connectivity index (χ0v) is 14.2. The van der Waals surface area contributed by atoms with E-state index in [1.807, 2.05) is 20.2 Å². The molecule has 0 aliphatic carbocycles. The van der Waals surface area contributed by atoms with E-state index in [1.165, 1.54) is 18.9 Å². The van der Waals surface area contributed by atoms with E-state index in [4.69, 9.17) is 0 Å². The lowest BCUT2D eigenvalue weighted by molar-refractivity contribution is 0.297. The van der Waals surface area contributed by atoms with Gasteiger partial charge in [-0.1, -0.05) is 31.9 Å². The molecule has 0 saturated heterocycles. The molecule has 0 radical (unpaired) electrons. The van der Waals surface area contributed by atoms with Crippen molar-refractivity contribution >= 4 is 5.96 Å². The Bertz CT molecular complexity index is 460. The minimum Gasteiger partial charge on any atom is -0.356 e. The monoisotopic (exact) mass is 308 g/mol. The number of unbranched alkanes of at least 4 members (excludes halogenated alkanes) is 2. The van der Waals surface area contributed by atoms with Gasteiger partial charge in [-0.25, -0.2) is 4.39 Å². The van der Waals surface area contributed by atoms with Gasteiger partial charge in [0.15, 0.2) is 5.96 Å². The first-order chi connectivity index (χ1) is 10.6. The lowest BCUT2D eigenvalue weighted by atomic mass is 10.1. The highest BCUT2D eigenvalue weighted by Gasteiger charge is 2.15. The highest BCUT2D eigenvalue weighted by Crippen LogP contribution is 2.18. The first kappa shape index (κ1) is 18.4. The molecule has 0 aliphatic rings. The largest absolute Gasteiger partial charge is 0.356 e. The smallest absolute Gasteiger partial charge is 0.191 e. The van der Waals surface area contributed by atoms with Gasteiger partial charge in [0, 0.05) is 20.1 Å². The third kappa shape index (κ3) is 6.43. The fourth-order valence-corrected chi connectivity index (χ4v) is 2.31. The maximum atomic E-state index is 13.4. The van der Waals surface area contributed by atoms with Crippen LogP contribution in [-0.2, 0) is 0 Å². The van der Waals surface area contributed by atoms with Gasteiger partial charge in [0.2, 0.25) is 0 Å². The van der Waals surface area contributed by atoms with Crippen LogP contribution >= 0.6 is 0 Å². The molecule has 5 heteroatoms. The quantitative estimate of drug-likeness (QED) is 0.441. The lowest BCUT2D eigenvalue weighted by Gasteiger charge is -2.26. The van der Waals surface area contributed by atoms with Gasteiger partial charge < -0.3 is 15.5 Å². The van der Waals surface area contributed by atoms with Crippen LogP contribution in [0.25, 0.3) is 0 Å². The summed E-state index contributed by atoms with van der Waals surface area (Å²) in [6.07, 6.45) is 3.56. The third-order valence-electron chi connectivity index (χ3n) is 3.62. The van der Waals surface area contributed by atoms with Crippen molar-refractivity contribution in [2.45, 2.75) is 32.2 Å². The molecule has 22 heavy (non-hydrogen) atoms. The van der Waals surface area contributed by atoms with Crippen LogP contribution in [0.2, 0.25) is 0 Å². The zero-order valence-electron chi connectivity index (χ0n) is 14.2. The van der Waals surface area contributed by atoms with Crippen LogP contribution in [0.3, 0.4) is 0 Å². The number of likely N-dealkylation sites (N-methyl/N-ethyl adjacent to an activating group) is 1. The number of benzene rings is 1. The molecule has 0 bridgehead atoms. The molecule has 4 nitrogen and oxygen atoms in total. The van der Waals surface area contributed by atoms with E-state index in [0.717, 1.165) is 24.5 Å². The molecule has 1 rings (SSSR count). The second-order valence-electron chi connectivity index (χ2n) is 5.62. The van der Waals surface area contributed by atoms with E-state index in [0.29, 0.717) is 6.54 Å². The van der Waals surface area contributed by atoms with Crippen LogP contribution in [0.4, 0.5) is 4.39 Å². The van der Waals surface area contributed by atoms with Gasteiger partial charge in [-0.15, -0.1) is 0 Å². The predicted octanol–water partition coefficient (Wildman–Crippen LogP) is 2.78. The van der Waals surface area contributed by atoms with Crippen LogP contribution in [-0.4, -0.2) is 45.1 Å². The topological polar surface area (TPSA) is 39.7 Å². The Labute approximate surface area is 133 Å². The summed E-state index contributed by atoms with van der Waals surface area (Å²) in [6, 6.07) is 6.85. The Hall–Kier alpha value is -1.62. The summed E-state index contributed by atoms with van der Waals surface area (Å²) in [6.45, 7) is 3.78. The molecule has 0 amide bonds. The van der Waals surface area contributed by atoms with Crippen molar-refractivity contribution in [1.82, 2.24) is 15.5 Å². The van der Waals surface area contributed by atoms with E-state index >= 15 is 0 Å². The van der Waals surface area contributed by atoms with Gasteiger partial charge in [-0.3, -0.25) is 4.99 Å². The number of nitrogens with one attached hydrogen (secondary N) is 2. The highest BCUT2D eigenvalue weighted by molar-refractivity contribution is 5.79. The van der Waals surface area contributed by atoms with E-state index in [2.05, 4.69) is 27.4 Å². The molecule has 1 atom stereocenters. The second-order valence-corrected chi connectivity index (χ2v) is 5.62. The predicted molar refractivity (Wildman–Crippen MR) is 91.7 cm³/mol. The molecule has 0 heterocycles. The summed E-state index contributed by atoms with van der Waals surface area (Å²) in [5, 5.41) is 6.63. The maximum absolute atomic E-state index is 13.4. The number of halogens is 1. The van der Waals surface area contributed by atoms with Crippen molar-refractivity contribution < 1.29 is 4.39 Å². The van der Waals surface area contributed by atoms with Gasteiger partial charge in [-0.05, 0) is 38.2 Å². The molecular formula is C17H29FN4. The Balaban J connectivity index is 2.56. The van der Waals surface area contributed by atoms with Crippen molar-refractivity contribution in [2.75, 3.05) is 34.2 Å². The summed E-state index contributed by atoms with van der Waals surface area (Å²) in [5.74, 6) is 0.589. The van der Waals surface area contributed by atoms with E-state index < -0.39 is 0 Å². The standard InChI is InChI=1S/C17H29FN4/c1-5-6-7-11-20-17(19-2)21-13-16(22(3)4)14-9-8-10-15(18)12-14/h8-10,12,16H,5-7,11,13H2,1-4H3,(H2,19,20,21). The van der Waals surface area contributed by atoms with Crippen LogP contribution in [0, 0.1) is 5.82 Å². The number of hydrogen-bond donors (Lipinski definition) is 2. The van der Waals surface area contributed by atoms with Crippen LogP contribution in [0.5, 0.6) is 0 Å². The van der Waals surface area contributed by atoms with Crippen molar-refractivity contribution in [1.29, 1.82) is 0 Å². The average molecular weight is 308 g/mol. The molecule has 2 N–H and O–H groups in total. The maximum Gasteiger partial charge on any atom is 0.191 e. The van der Waals surface area contributed by atoms with Gasteiger partial charge in [0.1, 0.15) is 5.82 Å². The Morgan fingerprint density at radius 3 is 2.64 bits per heavy atom. The molecule has 0 aliphatic heterocycles. The number of nitrogens with zero attached hydrogens (tertiary/aromatic N) is 2. The lowest BCUT2D eigenvalue weighted by Crippen LogP contribution is -2.42. The molecule has 0 aromatic heterocycles. The van der Waals surface area contributed by atoms with Crippen LogP contribution in [0.15, 0.2) is 29.3 Å². The van der Waals surface area contributed by atoms with Crippen molar-refractivity contribution in [3.8, 4) is 0 Å². The summed E-state index contributed by atoms with van der Waals surface area (Å²) in [7, 11) is 5.76. The molecular weight excluding hydrogens is 279 g/mol. The van der Waals surface area contributed by atoms with E-state index in [9.17, 15) is 4.39 Å². The van der Waals surface area contributed by atoms with Crippen molar-refractivity contribution in [3.05, 3.63) is 35.6 Å². The Morgan fingerprint density at radius 1 is 1.27 bits per heavy atom. The Morgan fingerprint density at radius 2 is 2.05 bits per heavy atom. The number of hydrogen-bond acceptors (Lipinski definition) is 2. The zero-order chi connectivity index (χ0) is 16.4. The number of guanidine groups is 1. The van der Waals surface area contributed by atoms with Crippen LogP contribution < -0.4 is 10.6 Å². The van der Waals surface area contributed by atoms with E-state index in [-0.39, 0.29) is 11.9 Å². The fourth-order valence-electron chi connectivity index (χ4n) is 2.31. The van der Waals surface area contributed by atoms with Gasteiger partial charge >= 0.3 is 0 Å². The summed E-state index contributed by atoms with van der Waals surface area (Å²) >= 11 is 0. The Kier molecular flexibility index (Phi) is 8.51. The van der Waals surface area contributed by atoms with Gasteiger partial charge in [0.25, 0.3) is 0 Å². The molecule has 1 unspecified atom stereocenters. The van der Waals surface area contributed by atoms with Crippen molar-refractivity contribution in [3.63, 3.8) is 0 Å². The molecule has 0 fully saturated rings. The summed E-state index contributed by atoms with van der Waals surface area (Å²) < 4.78 is 13.4. The summed E-state index contributed by atoms with van der Waals surface area (Å²) in [4.78, 5) is 6.31. The van der Waals surface area contributed by atoms with E-state index in [1.54, 1.807) is 19.2 Å². The fraction of sp³-hybridized carbons (Fsp3) is 0.588. The van der Waals surface area contributed by atoms with Gasteiger partial charge in [-0.2, -0.15) is 0 Å². The first-order valence-electron chi connectivity index (χ1n) is 7.94. The minimum atomic E-state index is -0.202. The average Bonchev–Trinajstić information content (AvgIpc) is 2.49.